The van der Waals surface area contributed by atoms with E-state index in [-0.39, 0.29) is 11.8 Å². The second kappa shape index (κ2) is 7.02. The first-order valence-corrected chi connectivity index (χ1v) is 8.51. The van der Waals surface area contributed by atoms with Gasteiger partial charge in [-0.3, -0.25) is 4.79 Å². The largest absolute Gasteiger partial charge is 0.495 e. The molecular weight excluding hydrogens is 346 g/mol. The molecule has 0 atom stereocenters. The molecule has 9 nitrogen and oxygen atoms in total. The maximum Gasteiger partial charge on any atom is 0.231 e. The Morgan fingerprint density at radius 3 is 2.74 bits per heavy atom. The third-order valence-corrected chi connectivity index (χ3v) is 4.48. The number of anilines is 2. The normalized spacial score (nSPS) is 13.9. The van der Waals surface area contributed by atoms with Crippen LogP contribution in [-0.2, 0) is 4.79 Å². The molecule has 9 heteroatoms. The molecule has 3 aromatic rings. The second-order valence-corrected chi connectivity index (χ2v) is 6.37. The fourth-order valence-electron chi connectivity index (χ4n) is 2.95. The number of carbonyl (C=O) groups is 1. The lowest BCUT2D eigenvalue weighted by Gasteiger charge is -2.39. The summed E-state index contributed by atoms with van der Waals surface area (Å²) in [7, 11) is 1.59. The van der Waals surface area contributed by atoms with E-state index in [9.17, 15) is 4.79 Å². The van der Waals surface area contributed by atoms with Gasteiger partial charge in [0.05, 0.1) is 18.7 Å². The van der Waals surface area contributed by atoms with Gasteiger partial charge in [0.15, 0.2) is 5.82 Å². The van der Waals surface area contributed by atoms with Crippen molar-refractivity contribution in [3.05, 3.63) is 48.8 Å². The molecular formula is C18H19N7O2. The topological polar surface area (TPSA) is 98.1 Å². The van der Waals surface area contributed by atoms with Gasteiger partial charge >= 0.3 is 0 Å². The molecule has 1 aromatic carbocycles. The van der Waals surface area contributed by atoms with E-state index < -0.39 is 0 Å². The highest BCUT2D eigenvalue weighted by Gasteiger charge is 2.34. The smallest absolute Gasteiger partial charge is 0.231 e. The molecule has 0 spiro atoms. The predicted molar refractivity (Wildman–Crippen MR) is 99.0 cm³/mol. The summed E-state index contributed by atoms with van der Waals surface area (Å²) in [6.07, 6.45) is 4.51. The molecule has 3 heterocycles. The van der Waals surface area contributed by atoms with Gasteiger partial charge in [-0.05, 0) is 24.6 Å². The standard InChI is InChI=1S/C18H19N7O2/c1-12-3-4-15(27-2)14(5-12)23-18(26)13-7-24(8-13)16-6-17(21-10-20-16)25-11-19-9-22-25/h3-6,9-11,13H,7-8H2,1-2H3,(H,23,26). The number of ether oxygens (including phenoxy) is 1. The number of carbonyl (C=O) groups excluding carboxylic acids is 1. The zero-order chi connectivity index (χ0) is 18.8. The minimum atomic E-state index is -0.111. The third-order valence-electron chi connectivity index (χ3n) is 4.48. The highest BCUT2D eigenvalue weighted by atomic mass is 16.5. The molecule has 1 aliphatic rings. The summed E-state index contributed by atoms with van der Waals surface area (Å²) < 4.78 is 6.88. The van der Waals surface area contributed by atoms with Crippen LogP contribution in [-0.4, -0.2) is 50.8 Å². The number of hydrogen-bond acceptors (Lipinski definition) is 7. The van der Waals surface area contributed by atoms with Gasteiger partial charge in [-0.25, -0.2) is 19.6 Å². The molecule has 2 aromatic heterocycles. The Morgan fingerprint density at radius 1 is 1.19 bits per heavy atom. The number of aryl methyl sites for hydroxylation is 1. The first-order chi connectivity index (χ1) is 13.1. The molecule has 0 radical (unpaired) electrons. The average Bonchev–Trinajstić information content (AvgIpc) is 3.16. The van der Waals surface area contributed by atoms with E-state index in [1.54, 1.807) is 18.1 Å². The van der Waals surface area contributed by atoms with Crippen LogP contribution in [0.15, 0.2) is 43.2 Å². The molecule has 1 aliphatic heterocycles. The number of nitrogens with zero attached hydrogens (tertiary/aromatic N) is 6. The number of aromatic nitrogens is 5. The summed E-state index contributed by atoms with van der Waals surface area (Å²) in [4.78, 5) is 27.0. The maximum atomic E-state index is 12.6. The number of benzene rings is 1. The molecule has 138 valence electrons. The van der Waals surface area contributed by atoms with Gasteiger partial charge in [-0.2, -0.15) is 5.10 Å². The van der Waals surface area contributed by atoms with Gasteiger partial charge in [-0.1, -0.05) is 6.07 Å². The maximum absolute atomic E-state index is 12.6. The van der Waals surface area contributed by atoms with Crippen LogP contribution in [0.5, 0.6) is 5.75 Å². The number of amides is 1. The zero-order valence-electron chi connectivity index (χ0n) is 15.0. The van der Waals surface area contributed by atoms with Gasteiger partial charge in [0.2, 0.25) is 5.91 Å². The second-order valence-electron chi connectivity index (χ2n) is 6.37. The van der Waals surface area contributed by atoms with E-state index in [0.29, 0.717) is 30.3 Å². The summed E-state index contributed by atoms with van der Waals surface area (Å²) in [5.74, 6) is 1.90. The van der Waals surface area contributed by atoms with Crippen molar-refractivity contribution < 1.29 is 9.53 Å². The predicted octanol–water partition coefficient (Wildman–Crippen LogP) is 1.45. The van der Waals surface area contributed by atoms with Gasteiger partial charge in [0.25, 0.3) is 0 Å². The lowest BCUT2D eigenvalue weighted by atomic mass is 9.99. The molecule has 1 amide bonds. The number of hydrogen-bond donors (Lipinski definition) is 1. The summed E-state index contributed by atoms with van der Waals surface area (Å²) in [6.45, 7) is 3.16. The number of rotatable bonds is 5. The van der Waals surface area contributed by atoms with E-state index in [2.05, 4.69) is 25.4 Å². The van der Waals surface area contributed by atoms with Crippen LogP contribution in [0.2, 0.25) is 0 Å². The molecule has 1 saturated heterocycles. The molecule has 1 fully saturated rings. The quantitative estimate of drug-likeness (QED) is 0.731. The van der Waals surface area contributed by atoms with Gasteiger partial charge < -0.3 is 15.0 Å². The molecule has 0 unspecified atom stereocenters. The molecule has 0 bridgehead atoms. The molecule has 1 N–H and O–H groups in total. The van der Waals surface area contributed by atoms with Crippen molar-refractivity contribution in [1.82, 2.24) is 24.7 Å². The molecule has 4 rings (SSSR count). The average molecular weight is 365 g/mol. The van der Waals surface area contributed by atoms with Crippen LogP contribution in [0.3, 0.4) is 0 Å². The van der Waals surface area contributed by atoms with E-state index in [1.165, 1.54) is 12.7 Å². The highest BCUT2D eigenvalue weighted by molar-refractivity contribution is 5.95. The van der Waals surface area contributed by atoms with E-state index in [1.807, 2.05) is 36.1 Å². The van der Waals surface area contributed by atoms with Crippen LogP contribution in [0.25, 0.3) is 5.82 Å². The Balaban J connectivity index is 1.40. The minimum Gasteiger partial charge on any atom is -0.495 e. The van der Waals surface area contributed by atoms with Crippen LogP contribution >= 0.6 is 0 Å². The fraction of sp³-hybridized carbons (Fsp3) is 0.278. The highest BCUT2D eigenvalue weighted by Crippen LogP contribution is 2.28. The van der Waals surface area contributed by atoms with Crippen molar-refractivity contribution in [1.29, 1.82) is 0 Å². The van der Waals surface area contributed by atoms with Crippen LogP contribution in [0.1, 0.15) is 5.56 Å². The Labute approximate surface area is 156 Å². The first kappa shape index (κ1) is 17.0. The Hall–Kier alpha value is -3.49. The SMILES string of the molecule is COc1ccc(C)cc1NC(=O)C1CN(c2cc(-n3cncn3)ncn2)C1. The Morgan fingerprint density at radius 2 is 2.00 bits per heavy atom. The van der Waals surface area contributed by atoms with Crippen molar-refractivity contribution in [2.24, 2.45) is 5.92 Å². The van der Waals surface area contributed by atoms with Gasteiger partial charge in [-0.15, -0.1) is 0 Å². The van der Waals surface area contributed by atoms with Crippen molar-refractivity contribution in [2.75, 3.05) is 30.4 Å². The molecule has 0 aliphatic carbocycles. The summed E-state index contributed by atoms with van der Waals surface area (Å²) >= 11 is 0. The summed E-state index contributed by atoms with van der Waals surface area (Å²) in [5.41, 5.74) is 1.75. The van der Waals surface area contributed by atoms with E-state index >= 15 is 0 Å². The van der Waals surface area contributed by atoms with Crippen molar-refractivity contribution in [3.63, 3.8) is 0 Å². The third kappa shape index (κ3) is 3.43. The minimum absolute atomic E-state index is 0.0271. The Kier molecular flexibility index (Phi) is 4.41. The number of nitrogens with one attached hydrogen (secondary N) is 1. The van der Waals surface area contributed by atoms with Crippen molar-refractivity contribution >= 4 is 17.4 Å². The lowest BCUT2D eigenvalue weighted by Crippen LogP contribution is -2.52. The monoisotopic (exact) mass is 365 g/mol. The Bertz CT molecular complexity index is 952. The van der Waals surface area contributed by atoms with Crippen molar-refractivity contribution in [2.45, 2.75) is 6.92 Å². The van der Waals surface area contributed by atoms with Gasteiger partial charge in [0.1, 0.15) is 30.5 Å². The molecule has 0 saturated carbocycles. The summed E-state index contributed by atoms with van der Waals surface area (Å²) in [5, 5.41) is 7.03. The van der Waals surface area contributed by atoms with E-state index in [4.69, 9.17) is 4.74 Å². The van der Waals surface area contributed by atoms with Crippen molar-refractivity contribution in [3.8, 4) is 11.6 Å². The zero-order valence-corrected chi connectivity index (χ0v) is 15.0. The summed E-state index contributed by atoms with van der Waals surface area (Å²) in [6, 6.07) is 7.53. The van der Waals surface area contributed by atoms with Crippen LogP contribution < -0.4 is 15.0 Å². The molecule has 27 heavy (non-hydrogen) atoms. The first-order valence-electron chi connectivity index (χ1n) is 8.51. The van der Waals surface area contributed by atoms with Crippen LogP contribution in [0.4, 0.5) is 11.5 Å². The lowest BCUT2D eigenvalue weighted by molar-refractivity contribution is -0.120. The number of methoxy groups -OCH3 is 1. The van der Waals surface area contributed by atoms with Crippen LogP contribution in [0, 0.1) is 12.8 Å². The van der Waals surface area contributed by atoms with Gasteiger partial charge in [0, 0.05) is 19.2 Å². The van der Waals surface area contributed by atoms with E-state index in [0.717, 1.165) is 11.4 Å². The fourth-order valence-corrected chi connectivity index (χ4v) is 2.95.